The highest BCUT2D eigenvalue weighted by Gasteiger charge is 2.21. The predicted octanol–water partition coefficient (Wildman–Crippen LogP) is 3.41. The SMILES string of the molecule is COc1ccccc1-c1nnc(CN[C@H]2CCCC[C@@H]2C)o1. The summed E-state index contributed by atoms with van der Waals surface area (Å²) in [5, 5.41) is 11.8. The number of benzene rings is 1. The van der Waals surface area contributed by atoms with E-state index in [2.05, 4.69) is 22.4 Å². The lowest BCUT2D eigenvalue weighted by Crippen LogP contribution is -2.36. The van der Waals surface area contributed by atoms with Gasteiger partial charge in [-0.3, -0.25) is 0 Å². The largest absolute Gasteiger partial charge is 0.496 e. The number of aromatic nitrogens is 2. The molecule has 0 amide bonds. The fourth-order valence-corrected chi connectivity index (χ4v) is 3.09. The second-order valence-corrected chi connectivity index (χ2v) is 5.95. The summed E-state index contributed by atoms with van der Waals surface area (Å²) in [6, 6.07) is 8.22. The van der Waals surface area contributed by atoms with E-state index in [0.29, 0.717) is 30.3 Å². The first-order valence-electron chi connectivity index (χ1n) is 7.97. The Kier molecular flexibility index (Phi) is 4.73. The molecule has 0 radical (unpaired) electrons. The Bertz CT molecular complexity index is 611. The minimum absolute atomic E-state index is 0.506. The molecule has 1 heterocycles. The molecule has 1 saturated carbocycles. The summed E-state index contributed by atoms with van der Waals surface area (Å²) in [7, 11) is 1.64. The Morgan fingerprint density at radius 3 is 2.86 bits per heavy atom. The highest BCUT2D eigenvalue weighted by Crippen LogP contribution is 2.28. The molecule has 0 unspecified atom stereocenters. The van der Waals surface area contributed by atoms with E-state index in [4.69, 9.17) is 9.15 Å². The smallest absolute Gasteiger partial charge is 0.251 e. The predicted molar refractivity (Wildman–Crippen MR) is 84.5 cm³/mol. The second kappa shape index (κ2) is 6.92. The summed E-state index contributed by atoms with van der Waals surface area (Å²) in [5.74, 6) is 2.58. The fraction of sp³-hybridized carbons (Fsp3) is 0.529. The average Bonchev–Trinajstić information content (AvgIpc) is 3.03. The van der Waals surface area contributed by atoms with Crippen LogP contribution in [-0.4, -0.2) is 23.3 Å². The molecule has 1 aromatic carbocycles. The van der Waals surface area contributed by atoms with Crippen molar-refractivity contribution >= 4 is 0 Å². The summed E-state index contributed by atoms with van der Waals surface area (Å²) in [5.41, 5.74) is 0.829. The van der Waals surface area contributed by atoms with Gasteiger partial charge in [0.05, 0.1) is 19.2 Å². The highest BCUT2D eigenvalue weighted by molar-refractivity contribution is 5.62. The molecular formula is C17H23N3O2. The van der Waals surface area contributed by atoms with Crippen LogP contribution >= 0.6 is 0 Å². The Morgan fingerprint density at radius 2 is 2.05 bits per heavy atom. The first-order valence-corrected chi connectivity index (χ1v) is 7.97. The summed E-state index contributed by atoms with van der Waals surface area (Å²) in [4.78, 5) is 0. The molecule has 118 valence electrons. The molecule has 1 aliphatic carbocycles. The monoisotopic (exact) mass is 301 g/mol. The van der Waals surface area contributed by atoms with Crippen LogP contribution in [0.2, 0.25) is 0 Å². The van der Waals surface area contributed by atoms with Gasteiger partial charge < -0.3 is 14.5 Å². The van der Waals surface area contributed by atoms with Gasteiger partial charge in [0.2, 0.25) is 5.89 Å². The van der Waals surface area contributed by atoms with Crippen molar-refractivity contribution < 1.29 is 9.15 Å². The molecule has 1 fully saturated rings. The summed E-state index contributed by atoms with van der Waals surface area (Å²) in [6.45, 7) is 2.93. The van der Waals surface area contributed by atoms with Gasteiger partial charge in [0.1, 0.15) is 5.75 Å². The maximum atomic E-state index is 5.77. The summed E-state index contributed by atoms with van der Waals surface area (Å²) in [6.07, 6.45) is 5.18. The molecule has 22 heavy (non-hydrogen) atoms. The Balaban J connectivity index is 1.66. The Morgan fingerprint density at radius 1 is 1.23 bits per heavy atom. The van der Waals surface area contributed by atoms with Crippen molar-refractivity contribution in [3.63, 3.8) is 0 Å². The number of nitrogens with one attached hydrogen (secondary N) is 1. The van der Waals surface area contributed by atoms with Gasteiger partial charge in [0.25, 0.3) is 5.89 Å². The van der Waals surface area contributed by atoms with Crippen LogP contribution in [-0.2, 0) is 6.54 Å². The van der Waals surface area contributed by atoms with Crippen molar-refractivity contribution in [3.8, 4) is 17.2 Å². The Labute approximate surface area is 131 Å². The molecule has 5 nitrogen and oxygen atoms in total. The number of methoxy groups -OCH3 is 1. The molecular weight excluding hydrogens is 278 g/mol. The van der Waals surface area contributed by atoms with Gasteiger partial charge in [-0.25, -0.2) is 0 Å². The van der Waals surface area contributed by atoms with Crippen LogP contribution in [0.3, 0.4) is 0 Å². The molecule has 2 aromatic rings. The fourth-order valence-electron chi connectivity index (χ4n) is 3.09. The van der Waals surface area contributed by atoms with E-state index in [1.807, 2.05) is 24.3 Å². The summed E-state index contributed by atoms with van der Waals surface area (Å²) < 4.78 is 11.1. The third-order valence-corrected chi connectivity index (χ3v) is 4.43. The van der Waals surface area contributed by atoms with E-state index in [1.54, 1.807) is 7.11 Å². The number of nitrogens with zero attached hydrogens (tertiary/aromatic N) is 2. The van der Waals surface area contributed by atoms with Crippen LogP contribution in [0.5, 0.6) is 5.75 Å². The van der Waals surface area contributed by atoms with Crippen molar-refractivity contribution in [1.82, 2.24) is 15.5 Å². The first kappa shape index (κ1) is 15.0. The van der Waals surface area contributed by atoms with E-state index in [9.17, 15) is 0 Å². The zero-order valence-electron chi connectivity index (χ0n) is 13.2. The minimum Gasteiger partial charge on any atom is -0.496 e. The van der Waals surface area contributed by atoms with Crippen LogP contribution in [0, 0.1) is 5.92 Å². The first-order chi connectivity index (χ1) is 10.8. The van der Waals surface area contributed by atoms with Crippen molar-refractivity contribution in [2.45, 2.75) is 45.2 Å². The molecule has 1 aromatic heterocycles. The number of para-hydroxylation sites is 1. The van der Waals surface area contributed by atoms with Gasteiger partial charge in [-0.05, 0) is 30.9 Å². The molecule has 0 aliphatic heterocycles. The number of rotatable bonds is 5. The van der Waals surface area contributed by atoms with E-state index < -0.39 is 0 Å². The third-order valence-electron chi connectivity index (χ3n) is 4.43. The van der Waals surface area contributed by atoms with Crippen molar-refractivity contribution in [2.75, 3.05) is 7.11 Å². The number of ether oxygens (including phenoxy) is 1. The molecule has 2 atom stereocenters. The second-order valence-electron chi connectivity index (χ2n) is 5.95. The van der Waals surface area contributed by atoms with Crippen molar-refractivity contribution in [1.29, 1.82) is 0 Å². The van der Waals surface area contributed by atoms with Crippen LogP contribution < -0.4 is 10.1 Å². The zero-order valence-corrected chi connectivity index (χ0v) is 13.2. The lowest BCUT2D eigenvalue weighted by molar-refractivity contribution is 0.271. The van der Waals surface area contributed by atoms with Gasteiger partial charge in [-0.15, -0.1) is 10.2 Å². The highest BCUT2D eigenvalue weighted by atomic mass is 16.5. The van der Waals surface area contributed by atoms with E-state index in [1.165, 1.54) is 25.7 Å². The average molecular weight is 301 g/mol. The maximum absolute atomic E-state index is 5.77. The molecule has 3 rings (SSSR count). The summed E-state index contributed by atoms with van der Waals surface area (Å²) >= 11 is 0. The lowest BCUT2D eigenvalue weighted by Gasteiger charge is -2.29. The molecule has 0 saturated heterocycles. The molecule has 5 heteroatoms. The van der Waals surface area contributed by atoms with Crippen molar-refractivity contribution in [3.05, 3.63) is 30.2 Å². The third kappa shape index (κ3) is 3.30. The minimum atomic E-state index is 0.506. The normalized spacial score (nSPS) is 21.7. The van der Waals surface area contributed by atoms with Gasteiger partial charge in [-0.2, -0.15) is 0 Å². The maximum Gasteiger partial charge on any atom is 0.251 e. The lowest BCUT2D eigenvalue weighted by atomic mass is 9.86. The van der Waals surface area contributed by atoms with Gasteiger partial charge in [0, 0.05) is 6.04 Å². The van der Waals surface area contributed by atoms with E-state index >= 15 is 0 Å². The van der Waals surface area contributed by atoms with Crippen LogP contribution in [0.25, 0.3) is 11.5 Å². The van der Waals surface area contributed by atoms with Gasteiger partial charge in [0.15, 0.2) is 0 Å². The Hall–Kier alpha value is -1.88. The van der Waals surface area contributed by atoms with E-state index in [-0.39, 0.29) is 0 Å². The zero-order chi connectivity index (χ0) is 15.4. The standard InChI is InChI=1S/C17H23N3O2/c1-12-7-3-5-9-14(12)18-11-16-19-20-17(22-16)13-8-4-6-10-15(13)21-2/h4,6,8,10,12,14,18H,3,5,7,9,11H2,1-2H3/t12-,14-/m0/s1. The van der Waals surface area contributed by atoms with Gasteiger partial charge >= 0.3 is 0 Å². The van der Waals surface area contributed by atoms with Crippen LogP contribution in [0.4, 0.5) is 0 Å². The van der Waals surface area contributed by atoms with Crippen LogP contribution in [0.15, 0.2) is 28.7 Å². The number of hydrogen-bond donors (Lipinski definition) is 1. The molecule has 1 aliphatic rings. The van der Waals surface area contributed by atoms with Crippen molar-refractivity contribution in [2.24, 2.45) is 5.92 Å². The van der Waals surface area contributed by atoms with Gasteiger partial charge in [-0.1, -0.05) is 31.9 Å². The topological polar surface area (TPSA) is 60.2 Å². The van der Waals surface area contributed by atoms with E-state index in [0.717, 1.165) is 11.3 Å². The number of hydrogen-bond acceptors (Lipinski definition) is 5. The molecule has 0 bridgehead atoms. The quantitative estimate of drug-likeness (QED) is 0.917. The molecule has 1 N–H and O–H groups in total. The molecule has 0 spiro atoms. The van der Waals surface area contributed by atoms with Crippen LogP contribution in [0.1, 0.15) is 38.5 Å².